The minimum Gasteiger partial charge on any atom is -0.480 e. The van der Waals surface area contributed by atoms with Crippen molar-refractivity contribution in [3.8, 4) is 0 Å². The van der Waals surface area contributed by atoms with Crippen LogP contribution in [0.2, 0.25) is 0 Å². The Labute approximate surface area is 325 Å². The van der Waals surface area contributed by atoms with E-state index < -0.39 is 29.9 Å². The minimum atomic E-state index is -1.13. The zero-order chi connectivity index (χ0) is 39.9. The Morgan fingerprint density at radius 1 is 0.556 bits per heavy atom. The normalized spacial score (nSPS) is 12.6. The van der Waals surface area contributed by atoms with Crippen molar-refractivity contribution in [3.05, 3.63) is 12.2 Å². The quantitative estimate of drug-likeness (QED) is 0.0488. The fourth-order valence-corrected chi connectivity index (χ4v) is 5.11. The summed E-state index contributed by atoms with van der Waals surface area (Å²) >= 11 is 0. The second kappa shape index (κ2) is 38.6. The number of carbonyl (C=O) groups excluding carboxylic acids is 3. The SMILES string of the molecule is CCCCCCCCC=CCCCCCCCC(=O)NCCOCCOCCOCCOCCOCCOCC(=O)N[C@@H](C)C(=O)N[C@H](C(=O)O)C(C)C. The first-order valence-electron chi connectivity index (χ1n) is 20.4. The maximum Gasteiger partial charge on any atom is 0.326 e. The summed E-state index contributed by atoms with van der Waals surface area (Å²) in [7, 11) is 0. The molecular formula is C40H75N3O11. The third-order valence-corrected chi connectivity index (χ3v) is 8.33. The number of hydrogen-bond acceptors (Lipinski definition) is 10. The zero-order valence-corrected chi connectivity index (χ0v) is 34.0. The number of unbranched alkanes of at least 4 members (excludes halogenated alkanes) is 11. The predicted octanol–water partition coefficient (Wildman–Crippen LogP) is 4.97. The highest BCUT2D eigenvalue weighted by Crippen LogP contribution is 2.10. The Kier molecular flexibility index (Phi) is 36.8. The summed E-state index contributed by atoms with van der Waals surface area (Å²) in [6.45, 7) is 11.7. The van der Waals surface area contributed by atoms with Crippen molar-refractivity contribution in [1.82, 2.24) is 16.0 Å². The molecule has 4 N–H and O–H groups in total. The van der Waals surface area contributed by atoms with Crippen LogP contribution in [0.5, 0.6) is 0 Å². The molecule has 2 atom stereocenters. The van der Waals surface area contributed by atoms with Gasteiger partial charge in [-0.15, -0.1) is 0 Å². The van der Waals surface area contributed by atoms with Crippen molar-refractivity contribution < 1.29 is 52.7 Å². The molecule has 0 unspecified atom stereocenters. The third-order valence-electron chi connectivity index (χ3n) is 8.33. The molecule has 14 heteroatoms. The van der Waals surface area contributed by atoms with Gasteiger partial charge in [-0.2, -0.15) is 0 Å². The standard InChI is InChI=1S/C40H75N3O11/c1-5-6-7-8-9-10-11-12-13-14-15-16-17-18-19-20-36(44)41-21-22-49-23-24-50-25-26-51-27-28-52-29-30-53-31-32-54-33-37(45)42-35(4)39(46)43-38(34(2)3)40(47)48/h12-13,34-35,38H,5-11,14-33H2,1-4H3,(H,41,44)(H,42,45)(H,43,46)(H,47,48)/t35-,38-/m0/s1. The number of carbonyl (C=O) groups is 4. The Balaban J connectivity index is 3.38. The highest BCUT2D eigenvalue weighted by atomic mass is 16.6. The molecule has 0 spiro atoms. The summed E-state index contributed by atoms with van der Waals surface area (Å²) in [6.07, 6.45) is 21.5. The van der Waals surface area contributed by atoms with Gasteiger partial charge in [-0.25, -0.2) is 4.79 Å². The van der Waals surface area contributed by atoms with E-state index in [1.807, 2.05) is 0 Å². The van der Waals surface area contributed by atoms with E-state index in [-0.39, 0.29) is 31.6 Å². The molecule has 0 heterocycles. The van der Waals surface area contributed by atoms with E-state index in [0.717, 1.165) is 12.8 Å². The fourth-order valence-electron chi connectivity index (χ4n) is 5.11. The second-order valence-electron chi connectivity index (χ2n) is 13.7. The Hall–Kier alpha value is -2.62. The van der Waals surface area contributed by atoms with E-state index in [2.05, 4.69) is 35.0 Å². The van der Waals surface area contributed by atoms with Gasteiger partial charge >= 0.3 is 5.97 Å². The maximum absolute atomic E-state index is 12.1. The largest absolute Gasteiger partial charge is 0.480 e. The van der Waals surface area contributed by atoms with Crippen LogP contribution in [0.3, 0.4) is 0 Å². The maximum atomic E-state index is 12.1. The molecule has 3 amide bonds. The average molecular weight is 774 g/mol. The summed E-state index contributed by atoms with van der Waals surface area (Å²) in [5.74, 6) is -2.42. The number of rotatable bonds is 40. The number of carboxylic acid groups (broad SMARTS) is 1. The lowest BCUT2D eigenvalue weighted by atomic mass is 10.0. The first kappa shape index (κ1) is 51.4. The molecule has 0 rings (SSSR count). The Morgan fingerprint density at radius 3 is 1.48 bits per heavy atom. The molecule has 0 fully saturated rings. The smallest absolute Gasteiger partial charge is 0.326 e. The Morgan fingerprint density at radius 2 is 1.00 bits per heavy atom. The van der Waals surface area contributed by atoms with E-state index in [1.165, 1.54) is 77.6 Å². The first-order chi connectivity index (χ1) is 26.2. The summed E-state index contributed by atoms with van der Waals surface area (Å²) in [5, 5.41) is 17.0. The molecule has 14 nitrogen and oxygen atoms in total. The van der Waals surface area contributed by atoms with E-state index in [9.17, 15) is 24.3 Å². The monoisotopic (exact) mass is 774 g/mol. The third kappa shape index (κ3) is 35.1. The molecule has 0 aromatic carbocycles. The van der Waals surface area contributed by atoms with Crippen LogP contribution in [-0.4, -0.2) is 127 Å². The number of ether oxygens (including phenoxy) is 6. The van der Waals surface area contributed by atoms with Crippen molar-refractivity contribution in [1.29, 1.82) is 0 Å². The molecule has 0 bridgehead atoms. The topological polar surface area (TPSA) is 180 Å². The molecule has 0 aliphatic carbocycles. The van der Waals surface area contributed by atoms with Gasteiger partial charge < -0.3 is 49.5 Å². The fraction of sp³-hybridized carbons (Fsp3) is 0.850. The van der Waals surface area contributed by atoms with Crippen molar-refractivity contribution in [3.63, 3.8) is 0 Å². The number of amides is 3. The minimum absolute atomic E-state index is 0.0868. The van der Waals surface area contributed by atoms with Crippen LogP contribution in [0.15, 0.2) is 12.2 Å². The zero-order valence-electron chi connectivity index (χ0n) is 34.0. The number of allylic oxidation sites excluding steroid dienone is 2. The molecule has 316 valence electrons. The van der Waals surface area contributed by atoms with Gasteiger partial charge in [-0.05, 0) is 44.9 Å². The van der Waals surface area contributed by atoms with Gasteiger partial charge in [0.15, 0.2) is 0 Å². The van der Waals surface area contributed by atoms with Crippen molar-refractivity contribution in [2.24, 2.45) is 5.92 Å². The number of nitrogens with one attached hydrogen (secondary N) is 3. The average Bonchev–Trinajstić information content (AvgIpc) is 3.14. The van der Waals surface area contributed by atoms with Crippen LogP contribution >= 0.6 is 0 Å². The lowest BCUT2D eigenvalue weighted by molar-refractivity contribution is -0.143. The summed E-state index contributed by atoms with van der Waals surface area (Å²) in [6, 6.07) is -1.93. The van der Waals surface area contributed by atoms with Gasteiger partial charge in [-0.1, -0.05) is 84.3 Å². The summed E-state index contributed by atoms with van der Waals surface area (Å²) in [4.78, 5) is 47.3. The van der Waals surface area contributed by atoms with Crippen LogP contribution < -0.4 is 16.0 Å². The second-order valence-corrected chi connectivity index (χ2v) is 13.7. The van der Waals surface area contributed by atoms with Gasteiger partial charge in [-0.3, -0.25) is 14.4 Å². The molecule has 0 radical (unpaired) electrons. The highest BCUT2D eigenvalue weighted by molar-refractivity contribution is 5.90. The lowest BCUT2D eigenvalue weighted by Gasteiger charge is -2.21. The summed E-state index contributed by atoms with van der Waals surface area (Å²) in [5.41, 5.74) is 0. The van der Waals surface area contributed by atoms with Crippen LogP contribution in [0.1, 0.15) is 118 Å². The predicted molar refractivity (Wildman–Crippen MR) is 209 cm³/mol. The molecule has 0 saturated heterocycles. The van der Waals surface area contributed by atoms with Crippen molar-refractivity contribution in [2.75, 3.05) is 85.8 Å². The van der Waals surface area contributed by atoms with Gasteiger partial charge in [0.2, 0.25) is 17.7 Å². The van der Waals surface area contributed by atoms with Gasteiger partial charge in [0.1, 0.15) is 18.7 Å². The summed E-state index contributed by atoms with van der Waals surface area (Å²) < 4.78 is 32.6. The van der Waals surface area contributed by atoms with E-state index in [1.54, 1.807) is 13.8 Å². The molecule has 0 aromatic heterocycles. The number of aliphatic carboxylic acids is 1. The van der Waals surface area contributed by atoms with E-state index >= 15 is 0 Å². The van der Waals surface area contributed by atoms with Gasteiger partial charge in [0.05, 0.1) is 72.7 Å². The lowest BCUT2D eigenvalue weighted by Crippen LogP contribution is -2.52. The molecule has 54 heavy (non-hydrogen) atoms. The van der Waals surface area contributed by atoms with Crippen LogP contribution in [-0.2, 0) is 47.6 Å². The Bertz CT molecular complexity index is 952. The first-order valence-corrected chi connectivity index (χ1v) is 20.4. The molecule has 0 aliphatic heterocycles. The number of carboxylic acids is 1. The molecule has 0 saturated carbocycles. The van der Waals surface area contributed by atoms with Crippen LogP contribution in [0, 0.1) is 5.92 Å². The molecule has 0 aliphatic rings. The van der Waals surface area contributed by atoms with Crippen LogP contribution in [0.25, 0.3) is 0 Å². The van der Waals surface area contributed by atoms with E-state index in [4.69, 9.17) is 28.4 Å². The highest BCUT2D eigenvalue weighted by Gasteiger charge is 2.26. The van der Waals surface area contributed by atoms with Crippen molar-refractivity contribution in [2.45, 2.75) is 130 Å². The van der Waals surface area contributed by atoms with E-state index in [0.29, 0.717) is 72.4 Å². The van der Waals surface area contributed by atoms with Gasteiger partial charge in [0.25, 0.3) is 0 Å². The number of hydrogen-bond donors (Lipinski definition) is 4. The van der Waals surface area contributed by atoms with Crippen LogP contribution in [0.4, 0.5) is 0 Å². The van der Waals surface area contributed by atoms with Gasteiger partial charge in [0, 0.05) is 13.0 Å². The van der Waals surface area contributed by atoms with Crippen molar-refractivity contribution >= 4 is 23.7 Å². The molecule has 0 aromatic rings. The molecular weight excluding hydrogens is 698 g/mol.